The van der Waals surface area contributed by atoms with E-state index >= 15 is 0 Å². The van der Waals surface area contributed by atoms with Gasteiger partial charge in [0.15, 0.2) is 0 Å². The summed E-state index contributed by atoms with van der Waals surface area (Å²) in [4.78, 5) is 2.18. The zero-order chi connectivity index (χ0) is 13.9. The molecule has 1 atom stereocenters. The number of thiophene rings is 1. The molecule has 0 radical (unpaired) electrons. The van der Waals surface area contributed by atoms with Crippen LogP contribution in [0.25, 0.3) is 0 Å². The Morgan fingerprint density at radius 2 is 2.32 bits per heavy atom. The molecule has 108 valence electrons. The summed E-state index contributed by atoms with van der Waals surface area (Å²) in [5.74, 6) is 0.0642. The van der Waals surface area contributed by atoms with E-state index in [-0.39, 0.29) is 12.5 Å². The molecule has 2 N–H and O–H groups in total. The summed E-state index contributed by atoms with van der Waals surface area (Å²) in [5, 5.41) is 9.14. The Hall–Kier alpha value is -0.470. The number of aryl methyl sites for hydroxylation is 1. The van der Waals surface area contributed by atoms with Gasteiger partial charge >= 0.3 is 0 Å². The van der Waals surface area contributed by atoms with Crippen molar-refractivity contribution in [3.63, 3.8) is 0 Å². The number of hydrogen-bond acceptors (Lipinski definition) is 4. The zero-order valence-electron chi connectivity index (χ0n) is 11.0. The van der Waals surface area contributed by atoms with Gasteiger partial charge in [-0.25, -0.2) is 0 Å². The van der Waals surface area contributed by atoms with Crippen LogP contribution in [0.4, 0.5) is 0 Å². The molecule has 1 fully saturated rings. The quantitative estimate of drug-likeness (QED) is 0.856. The molecular formula is C12H20N2O3S2. The molecule has 1 aromatic rings. The minimum absolute atomic E-state index is 0.0517. The molecule has 1 aromatic heterocycles. The van der Waals surface area contributed by atoms with E-state index in [1.807, 2.05) is 19.1 Å². The second kappa shape index (κ2) is 6.32. The number of aliphatic hydroxyl groups excluding tert-OH is 1. The molecule has 0 aromatic carbocycles. The van der Waals surface area contributed by atoms with E-state index in [0.717, 1.165) is 17.7 Å². The van der Waals surface area contributed by atoms with Crippen molar-refractivity contribution in [1.29, 1.82) is 0 Å². The largest absolute Gasteiger partial charge is 0.396 e. The number of piperidine rings is 1. The third-order valence-electron chi connectivity index (χ3n) is 3.30. The lowest BCUT2D eigenvalue weighted by Crippen LogP contribution is -2.46. The van der Waals surface area contributed by atoms with E-state index in [4.69, 9.17) is 5.11 Å². The lowest BCUT2D eigenvalue weighted by atomic mass is 10.0. The van der Waals surface area contributed by atoms with Crippen molar-refractivity contribution in [3.05, 3.63) is 21.9 Å². The fourth-order valence-corrected chi connectivity index (χ4v) is 4.45. The monoisotopic (exact) mass is 304 g/mol. The maximum Gasteiger partial charge on any atom is 0.279 e. The molecule has 0 bridgehead atoms. The molecule has 1 aliphatic heterocycles. The van der Waals surface area contributed by atoms with Crippen molar-refractivity contribution in [2.75, 3.05) is 19.7 Å². The number of rotatable bonds is 5. The first-order valence-corrected chi connectivity index (χ1v) is 8.68. The second-order valence-corrected chi connectivity index (χ2v) is 8.02. The van der Waals surface area contributed by atoms with Crippen LogP contribution in [0, 0.1) is 12.8 Å². The summed E-state index contributed by atoms with van der Waals surface area (Å²) in [6, 6.07) is 3.92. The number of hydrogen-bond donors (Lipinski definition) is 2. The summed E-state index contributed by atoms with van der Waals surface area (Å²) in [7, 11) is -3.44. The van der Waals surface area contributed by atoms with E-state index in [9.17, 15) is 8.42 Å². The molecule has 19 heavy (non-hydrogen) atoms. The van der Waals surface area contributed by atoms with Crippen molar-refractivity contribution in [3.8, 4) is 0 Å². The molecule has 0 amide bonds. The van der Waals surface area contributed by atoms with Crippen molar-refractivity contribution >= 4 is 21.5 Å². The van der Waals surface area contributed by atoms with Gasteiger partial charge in [-0.1, -0.05) is 0 Å². The van der Waals surface area contributed by atoms with Crippen LogP contribution in [-0.2, 0) is 16.8 Å². The highest BCUT2D eigenvalue weighted by Gasteiger charge is 2.28. The lowest BCUT2D eigenvalue weighted by Gasteiger charge is -2.30. The van der Waals surface area contributed by atoms with E-state index in [1.54, 1.807) is 11.3 Å². The summed E-state index contributed by atoms with van der Waals surface area (Å²) in [6.45, 7) is 3.33. The highest BCUT2D eigenvalue weighted by molar-refractivity contribution is 7.87. The van der Waals surface area contributed by atoms with Gasteiger partial charge in [0, 0.05) is 36.0 Å². The molecule has 1 saturated heterocycles. The standard InChI is InChI=1S/C12H20N2O3S2/c1-10-4-5-12(18-10)7-13-19(16,17)14-6-2-3-11(8-14)9-15/h4-5,11,13,15H,2-3,6-9H2,1H3. The summed E-state index contributed by atoms with van der Waals surface area (Å²) in [5.41, 5.74) is 0. The molecule has 0 aliphatic carbocycles. The molecule has 0 saturated carbocycles. The number of aliphatic hydroxyl groups is 1. The highest BCUT2D eigenvalue weighted by Crippen LogP contribution is 2.19. The molecule has 2 heterocycles. The first-order valence-electron chi connectivity index (χ1n) is 6.42. The maximum absolute atomic E-state index is 12.2. The predicted molar refractivity (Wildman–Crippen MR) is 76.2 cm³/mol. The number of nitrogens with zero attached hydrogens (tertiary/aromatic N) is 1. The van der Waals surface area contributed by atoms with Crippen molar-refractivity contribution in [2.45, 2.75) is 26.3 Å². The first kappa shape index (κ1) is 14.9. The summed E-state index contributed by atoms with van der Waals surface area (Å²) >= 11 is 1.59. The van der Waals surface area contributed by atoms with Crippen LogP contribution in [-0.4, -0.2) is 37.5 Å². The molecule has 5 nitrogen and oxygen atoms in total. The van der Waals surface area contributed by atoms with Gasteiger partial charge in [0.05, 0.1) is 0 Å². The van der Waals surface area contributed by atoms with Crippen LogP contribution < -0.4 is 4.72 Å². The normalized spacial score (nSPS) is 21.7. The molecular weight excluding hydrogens is 284 g/mol. The molecule has 1 aliphatic rings. The summed E-state index contributed by atoms with van der Waals surface area (Å²) < 4.78 is 28.4. The Balaban J connectivity index is 1.94. The molecule has 2 rings (SSSR count). The van der Waals surface area contributed by atoms with E-state index in [2.05, 4.69) is 4.72 Å². The predicted octanol–water partition coefficient (Wildman–Crippen LogP) is 1.10. The van der Waals surface area contributed by atoms with Crippen LogP contribution in [0.1, 0.15) is 22.6 Å². The second-order valence-electron chi connectivity index (χ2n) is 4.89. The average Bonchev–Trinajstić information content (AvgIpc) is 2.82. The van der Waals surface area contributed by atoms with Gasteiger partial charge in [-0.2, -0.15) is 17.4 Å². The Bertz CT molecular complexity index is 513. The lowest BCUT2D eigenvalue weighted by molar-refractivity contribution is 0.164. The Morgan fingerprint density at radius 1 is 1.53 bits per heavy atom. The summed E-state index contributed by atoms with van der Waals surface area (Å²) in [6.07, 6.45) is 1.71. The molecule has 7 heteroatoms. The SMILES string of the molecule is Cc1ccc(CNS(=O)(=O)N2CCCC(CO)C2)s1. The van der Waals surface area contributed by atoms with E-state index in [0.29, 0.717) is 19.6 Å². The molecule has 1 unspecified atom stereocenters. The average molecular weight is 304 g/mol. The van der Waals surface area contributed by atoms with E-state index < -0.39 is 10.2 Å². The third kappa shape index (κ3) is 4.00. The fraction of sp³-hybridized carbons (Fsp3) is 0.667. The van der Waals surface area contributed by atoms with Crippen molar-refractivity contribution < 1.29 is 13.5 Å². The number of nitrogens with one attached hydrogen (secondary N) is 1. The topological polar surface area (TPSA) is 69.6 Å². The van der Waals surface area contributed by atoms with Gasteiger partial charge in [-0.15, -0.1) is 11.3 Å². The first-order chi connectivity index (χ1) is 9.01. The highest BCUT2D eigenvalue weighted by atomic mass is 32.2. The van der Waals surface area contributed by atoms with E-state index in [1.165, 1.54) is 9.18 Å². The van der Waals surface area contributed by atoms with Gasteiger partial charge in [0.1, 0.15) is 0 Å². The van der Waals surface area contributed by atoms with Gasteiger partial charge in [0.2, 0.25) is 0 Å². The van der Waals surface area contributed by atoms with Crippen LogP contribution in [0.5, 0.6) is 0 Å². The van der Waals surface area contributed by atoms with Gasteiger partial charge in [0.25, 0.3) is 10.2 Å². The van der Waals surface area contributed by atoms with Crippen LogP contribution in [0.15, 0.2) is 12.1 Å². The van der Waals surface area contributed by atoms with Gasteiger partial charge in [-0.05, 0) is 37.8 Å². The minimum atomic E-state index is -3.44. The van der Waals surface area contributed by atoms with Crippen LogP contribution in [0.2, 0.25) is 0 Å². The van der Waals surface area contributed by atoms with Crippen molar-refractivity contribution in [2.24, 2.45) is 5.92 Å². The molecule has 0 spiro atoms. The van der Waals surface area contributed by atoms with Gasteiger partial charge in [-0.3, -0.25) is 0 Å². The van der Waals surface area contributed by atoms with Crippen molar-refractivity contribution in [1.82, 2.24) is 9.03 Å². The Labute approximate surface area is 118 Å². The third-order valence-corrected chi connectivity index (χ3v) is 5.83. The fourth-order valence-electron chi connectivity index (χ4n) is 2.23. The zero-order valence-corrected chi connectivity index (χ0v) is 12.6. The van der Waals surface area contributed by atoms with Gasteiger partial charge < -0.3 is 5.11 Å². The van der Waals surface area contributed by atoms with Crippen LogP contribution >= 0.6 is 11.3 Å². The smallest absolute Gasteiger partial charge is 0.279 e. The minimum Gasteiger partial charge on any atom is -0.396 e. The Kier molecular flexibility index (Phi) is 4.97. The van der Waals surface area contributed by atoms with Crippen LogP contribution in [0.3, 0.4) is 0 Å². The maximum atomic E-state index is 12.2. The Morgan fingerprint density at radius 3 is 2.95 bits per heavy atom.